The third kappa shape index (κ3) is 3.09. The van der Waals surface area contributed by atoms with Crippen molar-refractivity contribution in [2.45, 2.75) is 38.2 Å². The predicted octanol–water partition coefficient (Wildman–Crippen LogP) is 2.18. The molecule has 0 radical (unpaired) electrons. The smallest absolute Gasteiger partial charge is 0.330 e. The van der Waals surface area contributed by atoms with E-state index >= 15 is 0 Å². The van der Waals surface area contributed by atoms with Gasteiger partial charge in [0.25, 0.3) is 0 Å². The van der Waals surface area contributed by atoms with E-state index in [0.29, 0.717) is 0 Å². The Kier molecular flexibility index (Phi) is 3.35. The van der Waals surface area contributed by atoms with Gasteiger partial charge in [0, 0.05) is 13.1 Å². The first-order chi connectivity index (χ1) is 6.37. The Morgan fingerprint density at radius 2 is 1.79 bits per heavy atom. The fraction of sp³-hybridized carbons (Fsp3) is 0.900. The van der Waals surface area contributed by atoms with E-state index in [-0.39, 0.29) is 0 Å². The Morgan fingerprint density at radius 3 is 2.14 bits per heavy atom. The lowest BCUT2D eigenvalue weighted by atomic mass is 10.0. The van der Waals surface area contributed by atoms with Crippen molar-refractivity contribution in [3.63, 3.8) is 0 Å². The number of likely N-dealkylation sites (tertiary alicyclic amines) is 1. The van der Waals surface area contributed by atoms with Crippen LogP contribution in [-0.2, 0) is 4.43 Å². The van der Waals surface area contributed by atoms with Crippen LogP contribution in [0.4, 0.5) is 0 Å². The first kappa shape index (κ1) is 11.7. The number of piperidine rings is 1. The minimum Gasteiger partial charge on any atom is -0.351 e. The van der Waals surface area contributed by atoms with Gasteiger partial charge in [0.05, 0.1) is 12.8 Å². The fourth-order valence-corrected chi connectivity index (χ4v) is 3.16. The largest absolute Gasteiger partial charge is 0.351 e. The van der Waals surface area contributed by atoms with Crippen LogP contribution in [0, 0.1) is 6.57 Å². The maximum Gasteiger partial charge on any atom is 0.330 e. The van der Waals surface area contributed by atoms with E-state index in [1.165, 1.54) is 0 Å². The summed E-state index contributed by atoms with van der Waals surface area (Å²) in [6.07, 6.45) is 1.72. The third-order valence-corrected chi connectivity index (χ3v) is 3.46. The van der Waals surface area contributed by atoms with Gasteiger partial charge in [-0.1, -0.05) is 0 Å². The Bertz CT molecular complexity index is 233. The average Bonchev–Trinajstić information content (AvgIpc) is 2.07. The molecule has 1 saturated heterocycles. The minimum absolute atomic E-state index is 0.503. The zero-order valence-corrected chi connectivity index (χ0v) is 10.6. The zero-order valence-electron chi connectivity index (χ0n) is 9.63. The van der Waals surface area contributed by atoms with E-state index in [9.17, 15) is 0 Å². The van der Waals surface area contributed by atoms with Crippen LogP contribution in [0.25, 0.3) is 4.85 Å². The van der Waals surface area contributed by atoms with Gasteiger partial charge < -0.3 is 9.33 Å². The molecule has 0 aromatic heterocycles. The second kappa shape index (κ2) is 4.01. The van der Waals surface area contributed by atoms with E-state index in [0.717, 1.165) is 25.9 Å². The molecule has 14 heavy (non-hydrogen) atoms. The predicted molar refractivity (Wildman–Crippen MR) is 60.5 cm³/mol. The Labute approximate surface area is 88.0 Å². The highest BCUT2D eigenvalue weighted by molar-refractivity contribution is 6.69. The van der Waals surface area contributed by atoms with Crippen molar-refractivity contribution in [3.8, 4) is 0 Å². The molecule has 0 aliphatic carbocycles. The molecule has 4 heteroatoms. The molecule has 0 spiro atoms. The van der Waals surface area contributed by atoms with Crippen LogP contribution in [0.2, 0.25) is 19.6 Å². The molecule has 0 unspecified atom stereocenters. The summed E-state index contributed by atoms with van der Waals surface area (Å²) in [7, 11) is 0.507. The van der Waals surface area contributed by atoms with E-state index in [4.69, 9.17) is 11.0 Å². The molecule has 1 aliphatic rings. The first-order valence-corrected chi connectivity index (χ1v) is 8.55. The average molecular weight is 212 g/mol. The van der Waals surface area contributed by atoms with Gasteiger partial charge in [-0.25, -0.2) is 6.57 Å². The fourth-order valence-electron chi connectivity index (χ4n) is 1.77. The van der Waals surface area contributed by atoms with Gasteiger partial charge in [-0.15, -0.1) is 0 Å². The second-order valence-corrected chi connectivity index (χ2v) is 9.50. The molecule has 0 atom stereocenters. The molecule has 1 heterocycles. The molecule has 80 valence electrons. The summed E-state index contributed by atoms with van der Waals surface area (Å²) in [5, 5.41) is 0. The van der Waals surface area contributed by atoms with Crippen molar-refractivity contribution in [1.82, 2.24) is 4.90 Å². The van der Waals surface area contributed by atoms with Crippen molar-refractivity contribution >= 4 is 8.32 Å². The number of hydrogen-bond donors (Lipinski definition) is 0. The van der Waals surface area contributed by atoms with Gasteiger partial charge >= 0.3 is 5.72 Å². The molecule has 0 aromatic rings. The summed E-state index contributed by atoms with van der Waals surface area (Å²) in [6.45, 7) is 15.7. The maximum atomic E-state index is 7.29. The molecule has 0 N–H and O–H groups in total. The summed E-state index contributed by atoms with van der Waals surface area (Å²) < 4.78 is 6.02. The summed E-state index contributed by atoms with van der Waals surface area (Å²) >= 11 is 0. The highest BCUT2D eigenvalue weighted by Crippen LogP contribution is 2.30. The topological polar surface area (TPSA) is 16.8 Å². The molecule has 0 aromatic carbocycles. The standard InChI is InChI=1S/C10H20N2OSi/c1-11-10(13-14(3,4)5)6-8-12(2)9-7-10/h6-9H2,2-5H3. The van der Waals surface area contributed by atoms with E-state index in [1.54, 1.807) is 0 Å². The van der Waals surface area contributed by atoms with E-state index in [1.807, 2.05) is 0 Å². The molecule has 1 rings (SSSR count). The molecule has 0 amide bonds. The molecule has 0 bridgehead atoms. The van der Waals surface area contributed by atoms with Crippen LogP contribution >= 0.6 is 0 Å². The Morgan fingerprint density at radius 1 is 1.29 bits per heavy atom. The highest BCUT2D eigenvalue weighted by atomic mass is 28.4. The second-order valence-electron chi connectivity index (χ2n) is 5.08. The SMILES string of the molecule is [C-]#[N+]C1(O[Si](C)(C)C)CCN(C)CC1. The monoisotopic (exact) mass is 212 g/mol. The first-order valence-electron chi connectivity index (χ1n) is 5.14. The highest BCUT2D eigenvalue weighted by Gasteiger charge is 2.44. The maximum absolute atomic E-state index is 7.29. The summed E-state index contributed by atoms with van der Waals surface area (Å²) in [5.41, 5.74) is -0.503. The van der Waals surface area contributed by atoms with Gasteiger partial charge in [-0.05, 0) is 26.7 Å². The number of hydrogen-bond acceptors (Lipinski definition) is 2. The lowest BCUT2D eigenvalue weighted by Gasteiger charge is -2.35. The lowest BCUT2D eigenvalue weighted by Crippen LogP contribution is -2.47. The molecule has 3 nitrogen and oxygen atoms in total. The van der Waals surface area contributed by atoms with Crippen LogP contribution in [0.3, 0.4) is 0 Å². The quantitative estimate of drug-likeness (QED) is 0.515. The van der Waals surface area contributed by atoms with Crippen LogP contribution in [-0.4, -0.2) is 39.1 Å². The number of rotatable bonds is 2. The summed E-state index contributed by atoms with van der Waals surface area (Å²) in [5.74, 6) is 0. The lowest BCUT2D eigenvalue weighted by molar-refractivity contribution is 0.0404. The van der Waals surface area contributed by atoms with Crippen molar-refractivity contribution < 1.29 is 4.43 Å². The Balaban J connectivity index is 2.65. The molecular formula is C10H20N2OSi. The van der Waals surface area contributed by atoms with Crippen LogP contribution in [0.1, 0.15) is 12.8 Å². The van der Waals surface area contributed by atoms with Gasteiger partial charge in [0.2, 0.25) is 0 Å². The van der Waals surface area contributed by atoms with Crippen LogP contribution < -0.4 is 0 Å². The van der Waals surface area contributed by atoms with Gasteiger partial charge in [0.15, 0.2) is 8.32 Å². The van der Waals surface area contributed by atoms with E-state index < -0.39 is 14.0 Å². The van der Waals surface area contributed by atoms with Gasteiger partial charge in [0.1, 0.15) is 0 Å². The van der Waals surface area contributed by atoms with Crippen molar-refractivity contribution in [2.75, 3.05) is 20.1 Å². The van der Waals surface area contributed by atoms with E-state index in [2.05, 4.69) is 36.4 Å². The van der Waals surface area contributed by atoms with Gasteiger partial charge in [-0.3, -0.25) is 4.85 Å². The minimum atomic E-state index is -1.59. The van der Waals surface area contributed by atoms with Crippen molar-refractivity contribution in [3.05, 3.63) is 11.4 Å². The zero-order chi connectivity index (χ0) is 10.8. The molecular weight excluding hydrogens is 192 g/mol. The van der Waals surface area contributed by atoms with Gasteiger partial charge in [-0.2, -0.15) is 0 Å². The van der Waals surface area contributed by atoms with Crippen molar-refractivity contribution in [1.29, 1.82) is 0 Å². The number of nitrogens with zero attached hydrogens (tertiary/aromatic N) is 2. The van der Waals surface area contributed by atoms with Crippen LogP contribution in [0.5, 0.6) is 0 Å². The normalized spacial score (nSPS) is 23.1. The summed E-state index contributed by atoms with van der Waals surface area (Å²) in [4.78, 5) is 6.00. The van der Waals surface area contributed by atoms with Crippen molar-refractivity contribution in [2.24, 2.45) is 0 Å². The molecule has 0 saturated carbocycles. The third-order valence-electron chi connectivity index (χ3n) is 2.47. The molecule has 1 fully saturated rings. The molecule has 1 aliphatic heterocycles. The van der Waals surface area contributed by atoms with Crippen LogP contribution in [0.15, 0.2) is 0 Å². The summed E-state index contributed by atoms with van der Waals surface area (Å²) in [6, 6.07) is 0. The Hall–Kier alpha value is -0.373.